The molecule has 1 aliphatic rings. The third kappa shape index (κ3) is 5.52. The highest BCUT2D eigenvalue weighted by Crippen LogP contribution is 2.25. The van der Waals surface area contributed by atoms with Gasteiger partial charge in [0, 0.05) is 41.7 Å². The Balaban J connectivity index is 1.84. The van der Waals surface area contributed by atoms with Crippen molar-refractivity contribution in [3.8, 4) is 0 Å². The van der Waals surface area contributed by atoms with Crippen molar-refractivity contribution in [2.24, 2.45) is 0 Å². The summed E-state index contributed by atoms with van der Waals surface area (Å²) in [5.74, 6) is 0.225. The first-order valence-electron chi connectivity index (χ1n) is 7.01. The maximum atomic E-state index is 11.2. The fraction of sp³-hybridized carbons (Fsp3) is 0.714. The van der Waals surface area contributed by atoms with Crippen molar-refractivity contribution >= 4 is 21.2 Å². The number of hydrogen-bond acceptors (Lipinski definition) is 5. The van der Waals surface area contributed by atoms with Gasteiger partial charge in [-0.2, -0.15) is 0 Å². The van der Waals surface area contributed by atoms with Crippen LogP contribution in [-0.2, 0) is 22.9 Å². The minimum Gasteiger partial charge on any atom is -0.309 e. The fourth-order valence-corrected chi connectivity index (χ4v) is 3.70. The minimum absolute atomic E-state index is 0.225. The molecule has 0 bridgehead atoms. The topological polar surface area (TPSA) is 49.4 Å². The molecule has 1 aliphatic carbocycles. The van der Waals surface area contributed by atoms with Gasteiger partial charge in [-0.05, 0) is 38.4 Å². The summed E-state index contributed by atoms with van der Waals surface area (Å²) in [5.41, 5.74) is 1.32. The molecular weight excluding hydrogens is 292 g/mol. The van der Waals surface area contributed by atoms with Crippen LogP contribution >= 0.6 is 11.3 Å². The second-order valence-corrected chi connectivity index (χ2v) is 9.42. The number of nitrogens with zero attached hydrogens (tertiary/aromatic N) is 1. The van der Waals surface area contributed by atoms with Gasteiger partial charge in [-0.1, -0.05) is 0 Å². The van der Waals surface area contributed by atoms with Crippen molar-refractivity contribution in [1.29, 1.82) is 0 Å². The molecule has 114 valence electrons. The Morgan fingerprint density at radius 1 is 1.45 bits per heavy atom. The minimum atomic E-state index is -2.88. The smallest absolute Gasteiger partial charge is 0.148 e. The molecule has 0 aliphatic heterocycles. The Morgan fingerprint density at radius 3 is 2.75 bits per heavy atom. The van der Waals surface area contributed by atoms with Gasteiger partial charge in [0.1, 0.15) is 9.84 Å². The molecule has 0 radical (unpaired) electrons. The van der Waals surface area contributed by atoms with E-state index in [-0.39, 0.29) is 5.75 Å². The summed E-state index contributed by atoms with van der Waals surface area (Å²) in [7, 11) is -0.900. The molecule has 0 unspecified atom stereocenters. The van der Waals surface area contributed by atoms with Gasteiger partial charge in [0.15, 0.2) is 0 Å². The van der Waals surface area contributed by atoms with Crippen LogP contribution in [0.2, 0.25) is 0 Å². The Morgan fingerprint density at radius 2 is 2.15 bits per heavy atom. The SMILES string of the molecule is Cc1sc(CNC2CC2)cc1CN(C)CCS(C)(=O)=O. The molecule has 0 spiro atoms. The molecule has 20 heavy (non-hydrogen) atoms. The largest absolute Gasteiger partial charge is 0.309 e. The zero-order valence-corrected chi connectivity index (χ0v) is 14.1. The second kappa shape index (κ2) is 6.56. The van der Waals surface area contributed by atoms with Crippen LogP contribution in [0, 0.1) is 6.92 Å². The molecule has 1 aromatic heterocycles. The van der Waals surface area contributed by atoms with Crippen LogP contribution in [0.4, 0.5) is 0 Å². The summed E-state index contributed by atoms with van der Waals surface area (Å²) in [6, 6.07) is 2.99. The van der Waals surface area contributed by atoms with E-state index in [1.54, 1.807) is 0 Å². The summed E-state index contributed by atoms with van der Waals surface area (Å²) >= 11 is 1.84. The summed E-state index contributed by atoms with van der Waals surface area (Å²) in [6.45, 7) is 4.51. The molecule has 0 amide bonds. The molecule has 1 N–H and O–H groups in total. The van der Waals surface area contributed by atoms with Crippen LogP contribution in [0.1, 0.15) is 28.2 Å². The summed E-state index contributed by atoms with van der Waals surface area (Å²) in [4.78, 5) is 4.79. The number of hydrogen-bond donors (Lipinski definition) is 1. The molecule has 4 nitrogen and oxygen atoms in total. The zero-order valence-electron chi connectivity index (χ0n) is 12.5. The van der Waals surface area contributed by atoms with E-state index in [1.165, 1.54) is 34.4 Å². The van der Waals surface area contributed by atoms with Crippen molar-refractivity contribution in [2.45, 2.75) is 38.9 Å². The maximum Gasteiger partial charge on any atom is 0.148 e. The molecule has 0 aromatic carbocycles. The van der Waals surface area contributed by atoms with Crippen LogP contribution in [0.15, 0.2) is 6.07 Å². The van der Waals surface area contributed by atoms with Crippen LogP contribution < -0.4 is 5.32 Å². The van der Waals surface area contributed by atoms with Crippen molar-refractivity contribution in [3.63, 3.8) is 0 Å². The summed E-state index contributed by atoms with van der Waals surface area (Å²) < 4.78 is 22.4. The fourth-order valence-electron chi connectivity index (χ4n) is 2.06. The lowest BCUT2D eigenvalue weighted by atomic mass is 10.2. The molecule has 1 aromatic rings. The standard InChI is InChI=1S/C14H24N2O2S2/c1-11-12(10-16(2)6-7-20(3,17)18)8-14(19-11)9-15-13-4-5-13/h8,13,15H,4-7,9-10H2,1-3H3. The van der Waals surface area contributed by atoms with Gasteiger partial charge in [0.25, 0.3) is 0 Å². The van der Waals surface area contributed by atoms with Crippen molar-refractivity contribution in [3.05, 3.63) is 21.4 Å². The molecular formula is C14H24N2O2S2. The van der Waals surface area contributed by atoms with Crippen molar-refractivity contribution in [1.82, 2.24) is 10.2 Å². The summed E-state index contributed by atoms with van der Waals surface area (Å²) in [5, 5.41) is 3.53. The third-order valence-corrected chi connectivity index (χ3v) is 5.51. The number of sulfone groups is 1. The van der Waals surface area contributed by atoms with Gasteiger partial charge in [0.05, 0.1) is 5.75 Å². The van der Waals surface area contributed by atoms with E-state index < -0.39 is 9.84 Å². The number of aryl methyl sites for hydroxylation is 1. The first-order chi connectivity index (χ1) is 9.33. The molecule has 1 heterocycles. The van der Waals surface area contributed by atoms with E-state index in [0.717, 1.165) is 19.1 Å². The highest BCUT2D eigenvalue weighted by atomic mass is 32.2. The number of nitrogens with one attached hydrogen (secondary N) is 1. The van der Waals surface area contributed by atoms with Gasteiger partial charge in [-0.25, -0.2) is 8.42 Å². The van der Waals surface area contributed by atoms with E-state index in [9.17, 15) is 8.42 Å². The van der Waals surface area contributed by atoms with E-state index in [4.69, 9.17) is 0 Å². The highest BCUT2D eigenvalue weighted by molar-refractivity contribution is 7.90. The van der Waals surface area contributed by atoms with Gasteiger partial charge < -0.3 is 10.2 Å². The highest BCUT2D eigenvalue weighted by Gasteiger charge is 2.20. The van der Waals surface area contributed by atoms with Crippen molar-refractivity contribution in [2.75, 3.05) is 25.6 Å². The predicted octanol–water partition coefficient (Wildman–Crippen LogP) is 1.78. The second-order valence-electron chi connectivity index (χ2n) is 5.82. The normalized spacial score (nSPS) is 16.0. The Bertz CT molecular complexity index is 548. The number of rotatable bonds is 8. The average Bonchev–Trinajstić information content (AvgIpc) is 3.10. The quantitative estimate of drug-likeness (QED) is 0.794. The van der Waals surface area contributed by atoms with Crippen LogP contribution in [0.3, 0.4) is 0 Å². The predicted molar refractivity (Wildman–Crippen MR) is 85.0 cm³/mol. The van der Waals surface area contributed by atoms with Crippen LogP contribution in [-0.4, -0.2) is 45.0 Å². The molecule has 0 saturated heterocycles. The molecule has 2 rings (SSSR count). The molecule has 1 saturated carbocycles. The average molecular weight is 316 g/mol. The molecule has 0 atom stereocenters. The first kappa shape index (κ1) is 15.9. The Labute approximate surface area is 126 Å². The molecule has 1 fully saturated rings. The Hall–Kier alpha value is -0.430. The maximum absolute atomic E-state index is 11.2. The van der Waals surface area contributed by atoms with Crippen molar-refractivity contribution < 1.29 is 8.42 Å². The van der Waals surface area contributed by atoms with Gasteiger partial charge in [0.2, 0.25) is 0 Å². The first-order valence-corrected chi connectivity index (χ1v) is 9.89. The van der Waals surface area contributed by atoms with E-state index >= 15 is 0 Å². The van der Waals surface area contributed by atoms with Crippen LogP contribution in [0.25, 0.3) is 0 Å². The Kier molecular flexibility index (Phi) is 5.23. The summed E-state index contributed by atoms with van der Waals surface area (Å²) in [6.07, 6.45) is 3.91. The van der Waals surface area contributed by atoms with Gasteiger partial charge in [-0.15, -0.1) is 11.3 Å². The lowest BCUT2D eigenvalue weighted by molar-refractivity contribution is 0.346. The zero-order chi connectivity index (χ0) is 14.8. The molecule has 6 heteroatoms. The number of thiophene rings is 1. The third-order valence-electron chi connectivity index (χ3n) is 3.50. The van der Waals surface area contributed by atoms with Gasteiger partial charge in [-0.3, -0.25) is 0 Å². The lowest BCUT2D eigenvalue weighted by Crippen LogP contribution is -2.24. The van der Waals surface area contributed by atoms with Gasteiger partial charge >= 0.3 is 0 Å². The van der Waals surface area contributed by atoms with E-state index in [2.05, 4.69) is 23.2 Å². The lowest BCUT2D eigenvalue weighted by Gasteiger charge is -2.15. The van der Waals surface area contributed by atoms with E-state index in [1.807, 2.05) is 18.4 Å². The van der Waals surface area contributed by atoms with Crippen LogP contribution in [0.5, 0.6) is 0 Å². The van der Waals surface area contributed by atoms with E-state index in [0.29, 0.717) is 6.54 Å². The monoisotopic (exact) mass is 316 g/mol.